The van der Waals surface area contributed by atoms with Crippen molar-refractivity contribution >= 4 is 29.2 Å². The number of carboxylic acid groups (broad SMARTS) is 1. The van der Waals surface area contributed by atoms with Crippen LogP contribution in [0.2, 0.25) is 10.0 Å². The maximum atomic E-state index is 15.4. The number of hydrogen-bond donors (Lipinski definition) is 2. The Morgan fingerprint density at radius 3 is 2.37 bits per heavy atom. The molecule has 0 spiro atoms. The standard InChI is InChI=1S/C24H28Cl2FNO2/c1-5-24(17-10-9-16(26)12-18(17)27)19(13-23(2,3)4)28-21(22(29)30)20(24)14-7-6-8-15(25)11-14/h6-12,19-21,28H,5,13H2,1-4H3,(H,29,30). The monoisotopic (exact) mass is 451 g/mol. The van der Waals surface area contributed by atoms with Gasteiger partial charge in [0.05, 0.1) is 0 Å². The molecule has 30 heavy (non-hydrogen) atoms. The summed E-state index contributed by atoms with van der Waals surface area (Å²) in [6.45, 7) is 8.31. The first kappa shape index (κ1) is 23.1. The first-order valence-electron chi connectivity index (χ1n) is 10.2. The number of hydrogen-bond acceptors (Lipinski definition) is 2. The zero-order chi connectivity index (χ0) is 22.3. The topological polar surface area (TPSA) is 49.3 Å². The molecule has 0 saturated carbocycles. The molecule has 162 valence electrons. The van der Waals surface area contributed by atoms with Crippen LogP contribution in [-0.4, -0.2) is 23.2 Å². The van der Waals surface area contributed by atoms with Crippen LogP contribution in [0.3, 0.4) is 0 Å². The van der Waals surface area contributed by atoms with Crippen molar-refractivity contribution in [2.24, 2.45) is 5.41 Å². The van der Waals surface area contributed by atoms with E-state index in [0.29, 0.717) is 28.5 Å². The van der Waals surface area contributed by atoms with Crippen LogP contribution in [0, 0.1) is 11.2 Å². The summed E-state index contributed by atoms with van der Waals surface area (Å²) in [7, 11) is 0. The predicted molar refractivity (Wildman–Crippen MR) is 120 cm³/mol. The van der Waals surface area contributed by atoms with Crippen LogP contribution >= 0.6 is 23.2 Å². The van der Waals surface area contributed by atoms with E-state index in [1.807, 2.05) is 19.1 Å². The number of carboxylic acids is 1. The van der Waals surface area contributed by atoms with Crippen LogP contribution in [0.1, 0.15) is 57.6 Å². The Morgan fingerprint density at radius 1 is 1.17 bits per heavy atom. The normalized spacial score (nSPS) is 26.7. The summed E-state index contributed by atoms with van der Waals surface area (Å²) in [6.07, 6.45) is 1.24. The third-order valence-electron chi connectivity index (χ3n) is 6.20. The highest BCUT2D eigenvalue weighted by Crippen LogP contribution is 2.54. The number of benzene rings is 2. The second-order valence-electron chi connectivity index (χ2n) is 9.35. The van der Waals surface area contributed by atoms with Gasteiger partial charge in [0.25, 0.3) is 0 Å². The Hall–Kier alpha value is -1.62. The van der Waals surface area contributed by atoms with Gasteiger partial charge in [-0.05, 0) is 53.6 Å². The van der Waals surface area contributed by atoms with Crippen LogP contribution in [-0.2, 0) is 10.2 Å². The molecule has 0 radical (unpaired) electrons. The van der Waals surface area contributed by atoms with E-state index in [2.05, 4.69) is 26.1 Å². The maximum absolute atomic E-state index is 15.4. The smallest absolute Gasteiger partial charge is 0.321 e. The molecule has 4 atom stereocenters. The molecule has 1 heterocycles. The molecule has 0 aliphatic carbocycles. The van der Waals surface area contributed by atoms with Crippen molar-refractivity contribution in [2.45, 2.75) is 64.0 Å². The van der Waals surface area contributed by atoms with E-state index in [-0.39, 0.29) is 11.5 Å². The molecule has 0 aromatic heterocycles. The first-order valence-corrected chi connectivity index (χ1v) is 10.9. The van der Waals surface area contributed by atoms with E-state index >= 15 is 4.39 Å². The fourth-order valence-corrected chi connectivity index (χ4v) is 5.47. The quantitative estimate of drug-likeness (QED) is 0.550. The molecule has 6 heteroatoms. The molecule has 3 nitrogen and oxygen atoms in total. The molecule has 1 fully saturated rings. The number of nitrogens with one attached hydrogen (secondary N) is 1. The van der Waals surface area contributed by atoms with Crippen LogP contribution in [0.5, 0.6) is 0 Å². The lowest BCUT2D eigenvalue weighted by Gasteiger charge is -2.42. The van der Waals surface area contributed by atoms with Crippen LogP contribution in [0.15, 0.2) is 42.5 Å². The van der Waals surface area contributed by atoms with E-state index < -0.39 is 29.2 Å². The fraction of sp³-hybridized carbons (Fsp3) is 0.458. The zero-order valence-corrected chi connectivity index (χ0v) is 19.2. The third-order valence-corrected chi connectivity index (χ3v) is 6.67. The van der Waals surface area contributed by atoms with Crippen molar-refractivity contribution in [2.75, 3.05) is 0 Å². The molecular formula is C24H28Cl2FNO2. The fourth-order valence-electron chi connectivity index (χ4n) is 5.11. The molecule has 4 unspecified atom stereocenters. The summed E-state index contributed by atoms with van der Waals surface area (Å²) < 4.78 is 15.4. The molecule has 3 rings (SSSR count). The van der Waals surface area contributed by atoms with Crippen LogP contribution < -0.4 is 5.32 Å². The summed E-state index contributed by atoms with van der Waals surface area (Å²) in [5, 5.41) is 14.3. The lowest BCUT2D eigenvalue weighted by molar-refractivity contribution is -0.139. The van der Waals surface area contributed by atoms with Gasteiger partial charge in [0.1, 0.15) is 11.9 Å². The van der Waals surface area contributed by atoms with Gasteiger partial charge in [0.15, 0.2) is 0 Å². The van der Waals surface area contributed by atoms with Crippen molar-refractivity contribution in [1.29, 1.82) is 0 Å². The minimum Gasteiger partial charge on any atom is -0.480 e. The molecule has 1 saturated heterocycles. The van der Waals surface area contributed by atoms with E-state index in [0.717, 1.165) is 5.56 Å². The Labute approximate surface area is 187 Å². The molecule has 2 aromatic carbocycles. The average Bonchev–Trinajstić information content (AvgIpc) is 2.95. The number of halogens is 3. The van der Waals surface area contributed by atoms with Crippen LogP contribution in [0.25, 0.3) is 0 Å². The van der Waals surface area contributed by atoms with Gasteiger partial charge in [-0.15, -0.1) is 0 Å². The summed E-state index contributed by atoms with van der Waals surface area (Å²) in [4.78, 5) is 12.3. The average molecular weight is 452 g/mol. The Balaban J connectivity index is 2.31. The van der Waals surface area contributed by atoms with Gasteiger partial charge in [-0.3, -0.25) is 4.79 Å². The van der Waals surface area contributed by atoms with Crippen molar-refractivity contribution in [3.8, 4) is 0 Å². The van der Waals surface area contributed by atoms with Crippen LogP contribution in [0.4, 0.5) is 4.39 Å². The molecule has 0 amide bonds. The maximum Gasteiger partial charge on any atom is 0.321 e. The lowest BCUT2D eigenvalue weighted by atomic mass is 9.60. The molecule has 1 aliphatic heterocycles. The third kappa shape index (κ3) is 4.23. The highest BCUT2D eigenvalue weighted by molar-refractivity contribution is 6.30. The minimum atomic E-state index is -0.955. The summed E-state index contributed by atoms with van der Waals surface area (Å²) in [6, 6.07) is 10.8. The first-order chi connectivity index (χ1) is 14.0. The van der Waals surface area contributed by atoms with Gasteiger partial charge >= 0.3 is 5.97 Å². The van der Waals surface area contributed by atoms with Gasteiger partial charge in [0, 0.05) is 27.4 Å². The largest absolute Gasteiger partial charge is 0.480 e. The zero-order valence-electron chi connectivity index (χ0n) is 17.7. The molecule has 0 bridgehead atoms. The van der Waals surface area contributed by atoms with Gasteiger partial charge < -0.3 is 10.4 Å². The molecular weight excluding hydrogens is 424 g/mol. The Kier molecular flexibility index (Phi) is 6.52. The second-order valence-corrected chi connectivity index (χ2v) is 10.2. The highest BCUT2D eigenvalue weighted by Gasteiger charge is 2.58. The predicted octanol–water partition coefficient (Wildman–Crippen LogP) is 6.43. The summed E-state index contributed by atoms with van der Waals surface area (Å²) in [5.74, 6) is -1.87. The van der Waals surface area contributed by atoms with E-state index in [9.17, 15) is 9.90 Å². The van der Waals surface area contributed by atoms with Crippen molar-refractivity contribution in [3.05, 3.63) is 69.5 Å². The molecule has 1 aliphatic rings. The van der Waals surface area contributed by atoms with E-state index in [1.54, 1.807) is 24.3 Å². The number of aliphatic carboxylic acids is 1. The van der Waals surface area contributed by atoms with E-state index in [4.69, 9.17) is 23.2 Å². The second kappa shape index (κ2) is 8.49. The Morgan fingerprint density at radius 2 is 1.83 bits per heavy atom. The number of carbonyl (C=O) groups is 1. The van der Waals surface area contributed by atoms with Crippen molar-refractivity contribution in [3.63, 3.8) is 0 Å². The van der Waals surface area contributed by atoms with Crippen molar-refractivity contribution < 1.29 is 14.3 Å². The number of rotatable bonds is 5. The lowest BCUT2D eigenvalue weighted by Crippen LogP contribution is -2.45. The molecule has 2 N–H and O–H groups in total. The van der Waals surface area contributed by atoms with Crippen molar-refractivity contribution in [1.82, 2.24) is 5.32 Å². The summed E-state index contributed by atoms with van der Waals surface area (Å²) in [5.41, 5.74) is 0.406. The summed E-state index contributed by atoms with van der Waals surface area (Å²) >= 11 is 12.3. The minimum absolute atomic E-state index is 0.0900. The van der Waals surface area contributed by atoms with Gasteiger partial charge in [0.2, 0.25) is 0 Å². The van der Waals surface area contributed by atoms with E-state index in [1.165, 1.54) is 6.07 Å². The highest BCUT2D eigenvalue weighted by atomic mass is 35.5. The molecule has 2 aromatic rings. The van der Waals surface area contributed by atoms with Gasteiger partial charge in [-0.25, -0.2) is 4.39 Å². The van der Waals surface area contributed by atoms with Gasteiger partial charge in [-0.1, -0.05) is 69.1 Å². The Bertz CT molecular complexity index is 943. The SMILES string of the molecule is CCC1(c2ccc(Cl)cc2F)C(CC(C)(C)C)NC(C(=O)O)C1c1cccc(Cl)c1. The van der Waals surface area contributed by atoms with Gasteiger partial charge in [-0.2, -0.15) is 0 Å².